The summed E-state index contributed by atoms with van der Waals surface area (Å²) in [6.07, 6.45) is 2.78. The molecule has 0 aliphatic rings. The Hall–Kier alpha value is -3.03. The van der Waals surface area contributed by atoms with Gasteiger partial charge in [0.2, 0.25) is 5.91 Å². The molecule has 2 rings (SSSR count). The molecule has 0 saturated carbocycles. The highest BCUT2D eigenvalue weighted by Gasteiger charge is 2.11. The number of aryl methyl sites for hydroxylation is 1. The van der Waals surface area contributed by atoms with Crippen LogP contribution in [0.25, 0.3) is 0 Å². The molecule has 0 spiro atoms. The Kier molecular flexibility index (Phi) is 4.62. The lowest BCUT2D eigenvalue weighted by atomic mass is 10.3. The van der Waals surface area contributed by atoms with E-state index in [0.717, 1.165) is 11.8 Å². The fraction of sp³-hybridized carbons (Fsp3) is 0.214. The molecule has 2 aromatic rings. The van der Waals surface area contributed by atoms with Crippen molar-refractivity contribution in [3.8, 4) is 0 Å². The number of nitrogens with zero attached hydrogens (tertiary/aromatic N) is 4. The van der Waals surface area contributed by atoms with Crippen LogP contribution >= 0.6 is 0 Å². The standard InChI is InChI=1S/C14H15N5O3/c1-10-5-6-15-12(7-10)17-14(20)9-18(2)13-4-3-11(8-16-13)19(21)22/h3-8H,9H2,1-2H3,(H,15,17,20). The molecular formula is C14H15N5O3. The predicted molar refractivity (Wildman–Crippen MR) is 81.8 cm³/mol. The van der Waals surface area contributed by atoms with E-state index in [1.165, 1.54) is 12.1 Å². The monoisotopic (exact) mass is 301 g/mol. The number of hydrogen-bond donors (Lipinski definition) is 1. The first-order valence-electron chi connectivity index (χ1n) is 6.50. The van der Waals surface area contributed by atoms with Crippen molar-refractivity contribution < 1.29 is 9.72 Å². The molecule has 0 saturated heterocycles. The molecular weight excluding hydrogens is 286 g/mol. The summed E-state index contributed by atoms with van der Waals surface area (Å²) < 4.78 is 0. The van der Waals surface area contributed by atoms with Crippen LogP contribution in [0.1, 0.15) is 5.56 Å². The Morgan fingerprint density at radius 2 is 2.14 bits per heavy atom. The number of carbonyl (C=O) groups is 1. The molecule has 0 radical (unpaired) electrons. The molecule has 2 heterocycles. The van der Waals surface area contributed by atoms with Gasteiger partial charge in [0, 0.05) is 19.3 Å². The van der Waals surface area contributed by atoms with E-state index in [1.54, 1.807) is 24.2 Å². The second-order valence-electron chi connectivity index (χ2n) is 4.75. The van der Waals surface area contributed by atoms with Gasteiger partial charge in [-0.25, -0.2) is 9.97 Å². The lowest BCUT2D eigenvalue weighted by molar-refractivity contribution is -0.385. The normalized spacial score (nSPS) is 10.1. The predicted octanol–water partition coefficient (Wildman–Crippen LogP) is 1.77. The van der Waals surface area contributed by atoms with Crippen molar-refractivity contribution in [1.29, 1.82) is 0 Å². The van der Waals surface area contributed by atoms with Crippen LogP contribution in [0.5, 0.6) is 0 Å². The van der Waals surface area contributed by atoms with Crippen molar-refractivity contribution in [2.24, 2.45) is 0 Å². The van der Waals surface area contributed by atoms with E-state index in [4.69, 9.17) is 0 Å². The van der Waals surface area contributed by atoms with E-state index in [1.807, 2.05) is 13.0 Å². The highest BCUT2D eigenvalue weighted by Crippen LogP contribution is 2.14. The first-order valence-corrected chi connectivity index (χ1v) is 6.50. The number of aromatic nitrogens is 2. The summed E-state index contributed by atoms with van der Waals surface area (Å²) in [5, 5.41) is 13.3. The van der Waals surface area contributed by atoms with Crippen LogP contribution in [-0.4, -0.2) is 34.4 Å². The average Bonchev–Trinajstić information content (AvgIpc) is 2.47. The Bertz CT molecular complexity index is 687. The van der Waals surface area contributed by atoms with Gasteiger partial charge in [0.05, 0.1) is 11.5 Å². The molecule has 0 fully saturated rings. The van der Waals surface area contributed by atoms with Crippen LogP contribution in [-0.2, 0) is 4.79 Å². The quantitative estimate of drug-likeness (QED) is 0.667. The van der Waals surface area contributed by atoms with Gasteiger partial charge in [-0.15, -0.1) is 0 Å². The molecule has 1 amide bonds. The molecule has 1 N–H and O–H groups in total. The zero-order valence-electron chi connectivity index (χ0n) is 12.2. The smallest absolute Gasteiger partial charge is 0.287 e. The molecule has 0 aliphatic carbocycles. The van der Waals surface area contributed by atoms with Crippen molar-refractivity contribution in [1.82, 2.24) is 9.97 Å². The summed E-state index contributed by atoms with van der Waals surface area (Å²) in [7, 11) is 1.68. The minimum atomic E-state index is -0.521. The number of anilines is 2. The topological polar surface area (TPSA) is 101 Å². The fourth-order valence-corrected chi connectivity index (χ4v) is 1.80. The van der Waals surface area contributed by atoms with Gasteiger partial charge in [-0.3, -0.25) is 14.9 Å². The number of carbonyl (C=O) groups excluding carboxylic acids is 1. The zero-order valence-corrected chi connectivity index (χ0v) is 12.2. The third-order valence-electron chi connectivity index (χ3n) is 2.90. The number of nitrogens with one attached hydrogen (secondary N) is 1. The Labute approximate surface area is 127 Å². The summed E-state index contributed by atoms with van der Waals surface area (Å²) in [5.41, 5.74) is 0.904. The minimum Gasteiger partial charge on any atom is -0.350 e. The lowest BCUT2D eigenvalue weighted by Crippen LogP contribution is -2.30. The maximum absolute atomic E-state index is 12.0. The van der Waals surface area contributed by atoms with E-state index in [-0.39, 0.29) is 18.1 Å². The molecule has 114 valence electrons. The van der Waals surface area contributed by atoms with Gasteiger partial charge in [-0.05, 0) is 30.7 Å². The minimum absolute atomic E-state index is 0.0560. The first-order chi connectivity index (χ1) is 10.5. The van der Waals surface area contributed by atoms with Gasteiger partial charge in [0.15, 0.2) is 0 Å². The lowest BCUT2D eigenvalue weighted by Gasteiger charge is -2.17. The van der Waals surface area contributed by atoms with E-state index in [2.05, 4.69) is 15.3 Å². The molecule has 0 unspecified atom stereocenters. The summed E-state index contributed by atoms with van der Waals surface area (Å²) in [4.78, 5) is 31.6. The second-order valence-corrected chi connectivity index (χ2v) is 4.75. The Morgan fingerprint density at radius 1 is 1.36 bits per heavy atom. The van der Waals surface area contributed by atoms with E-state index in [9.17, 15) is 14.9 Å². The summed E-state index contributed by atoms with van der Waals surface area (Å²) in [6, 6.07) is 6.44. The van der Waals surface area contributed by atoms with Gasteiger partial charge >= 0.3 is 0 Å². The fourth-order valence-electron chi connectivity index (χ4n) is 1.80. The maximum atomic E-state index is 12.0. The van der Waals surface area contributed by atoms with E-state index < -0.39 is 4.92 Å². The summed E-state index contributed by atoms with van der Waals surface area (Å²) in [6.45, 7) is 1.96. The number of likely N-dealkylation sites (N-methyl/N-ethyl adjacent to an activating group) is 1. The van der Waals surface area contributed by atoms with Crippen LogP contribution in [0.4, 0.5) is 17.3 Å². The first kappa shape index (κ1) is 15.4. The van der Waals surface area contributed by atoms with Crippen molar-refractivity contribution in [3.63, 3.8) is 0 Å². The maximum Gasteiger partial charge on any atom is 0.287 e. The number of hydrogen-bond acceptors (Lipinski definition) is 6. The van der Waals surface area contributed by atoms with Crippen molar-refractivity contribution >= 4 is 23.2 Å². The van der Waals surface area contributed by atoms with E-state index in [0.29, 0.717) is 11.6 Å². The van der Waals surface area contributed by atoms with Crippen LogP contribution in [0, 0.1) is 17.0 Å². The molecule has 2 aromatic heterocycles. The Balaban J connectivity index is 1.97. The number of nitro groups is 1. The van der Waals surface area contributed by atoms with Gasteiger partial charge in [-0.2, -0.15) is 0 Å². The van der Waals surface area contributed by atoms with Crippen molar-refractivity contribution in [2.75, 3.05) is 23.8 Å². The van der Waals surface area contributed by atoms with Crippen LogP contribution < -0.4 is 10.2 Å². The van der Waals surface area contributed by atoms with E-state index >= 15 is 0 Å². The molecule has 22 heavy (non-hydrogen) atoms. The highest BCUT2D eigenvalue weighted by molar-refractivity contribution is 5.93. The molecule has 0 atom stereocenters. The van der Waals surface area contributed by atoms with Gasteiger partial charge in [0.25, 0.3) is 5.69 Å². The average molecular weight is 301 g/mol. The SMILES string of the molecule is Cc1ccnc(NC(=O)CN(C)c2ccc([N+](=O)[O-])cn2)c1. The number of rotatable bonds is 5. The molecule has 8 nitrogen and oxygen atoms in total. The van der Waals surface area contributed by atoms with Crippen molar-refractivity contribution in [3.05, 3.63) is 52.3 Å². The largest absolute Gasteiger partial charge is 0.350 e. The van der Waals surface area contributed by atoms with Crippen LogP contribution in [0.3, 0.4) is 0 Å². The summed E-state index contributed by atoms with van der Waals surface area (Å²) in [5.74, 6) is 0.703. The van der Waals surface area contributed by atoms with Crippen molar-refractivity contribution in [2.45, 2.75) is 6.92 Å². The third kappa shape index (κ3) is 3.98. The molecule has 0 bridgehead atoms. The number of amides is 1. The zero-order chi connectivity index (χ0) is 16.1. The third-order valence-corrected chi connectivity index (χ3v) is 2.90. The number of pyridine rings is 2. The molecule has 8 heteroatoms. The second kappa shape index (κ2) is 6.61. The molecule has 0 aliphatic heterocycles. The van der Waals surface area contributed by atoms with Crippen LogP contribution in [0.2, 0.25) is 0 Å². The Morgan fingerprint density at radius 3 is 2.73 bits per heavy atom. The van der Waals surface area contributed by atoms with Gasteiger partial charge in [-0.1, -0.05) is 0 Å². The van der Waals surface area contributed by atoms with Gasteiger partial charge < -0.3 is 10.2 Å². The van der Waals surface area contributed by atoms with Crippen LogP contribution in [0.15, 0.2) is 36.7 Å². The summed E-state index contributed by atoms with van der Waals surface area (Å²) >= 11 is 0. The van der Waals surface area contributed by atoms with Gasteiger partial charge in [0.1, 0.15) is 17.8 Å². The molecule has 0 aromatic carbocycles. The highest BCUT2D eigenvalue weighted by atomic mass is 16.6.